The van der Waals surface area contributed by atoms with Crippen molar-refractivity contribution >= 4 is 5.97 Å². The average molecular weight is 267 g/mol. The van der Waals surface area contributed by atoms with Gasteiger partial charge in [0.1, 0.15) is 11.9 Å². The van der Waals surface area contributed by atoms with Gasteiger partial charge in [-0.05, 0) is 36.0 Å². The second-order valence-electron chi connectivity index (χ2n) is 5.06. The number of carboxylic acids is 1. The average Bonchev–Trinajstić information content (AvgIpc) is 2.47. The van der Waals surface area contributed by atoms with Crippen molar-refractivity contribution in [1.29, 1.82) is 0 Å². The van der Waals surface area contributed by atoms with Gasteiger partial charge in [-0.25, -0.2) is 0 Å². The Labute approximate surface area is 117 Å². The molecule has 2 aromatic rings. The van der Waals surface area contributed by atoms with Gasteiger partial charge in [-0.15, -0.1) is 0 Å². The Balaban J connectivity index is 1.94. The Kier molecular flexibility index (Phi) is 3.42. The number of carbonyl (C=O) groups is 1. The van der Waals surface area contributed by atoms with Crippen molar-refractivity contribution in [3.8, 4) is 5.75 Å². The lowest BCUT2D eigenvalue weighted by molar-refractivity contribution is -0.306. The van der Waals surface area contributed by atoms with Crippen LogP contribution in [-0.4, -0.2) is 5.97 Å². The molecule has 0 spiro atoms. The number of hydrogen-bond acceptors (Lipinski definition) is 3. The molecule has 0 N–H and O–H groups in total. The van der Waals surface area contributed by atoms with Gasteiger partial charge in [-0.3, -0.25) is 0 Å². The third-order valence-corrected chi connectivity index (χ3v) is 3.71. The first-order chi connectivity index (χ1) is 9.74. The number of benzene rings is 2. The Bertz CT molecular complexity index is 607. The van der Waals surface area contributed by atoms with Crippen molar-refractivity contribution in [2.75, 3.05) is 0 Å². The van der Waals surface area contributed by atoms with Gasteiger partial charge in [0, 0.05) is 5.97 Å². The van der Waals surface area contributed by atoms with E-state index in [0.717, 1.165) is 16.9 Å². The van der Waals surface area contributed by atoms with Crippen LogP contribution in [0.5, 0.6) is 5.75 Å². The lowest BCUT2D eigenvalue weighted by Gasteiger charge is -2.32. The standard InChI is InChI=1S/C17H16O3/c18-17(19)11-13-10-16(12-6-2-1-3-7-12)20-15-9-5-4-8-14(13)15/h1-9,13,16H,10-11H2,(H,18,19)/p-1/t13-,16-/m0/s1. The van der Waals surface area contributed by atoms with Gasteiger partial charge in [0.25, 0.3) is 0 Å². The normalized spacial score (nSPS) is 20.8. The molecule has 0 aromatic heterocycles. The summed E-state index contributed by atoms with van der Waals surface area (Å²) in [7, 11) is 0. The first kappa shape index (κ1) is 12.7. The molecule has 102 valence electrons. The molecule has 1 heterocycles. The molecule has 1 aliphatic heterocycles. The van der Waals surface area contributed by atoms with E-state index in [1.807, 2.05) is 54.6 Å². The minimum absolute atomic E-state index is 0.0315. The molecule has 0 unspecified atom stereocenters. The van der Waals surface area contributed by atoms with E-state index in [1.165, 1.54) is 0 Å². The molecule has 3 rings (SSSR count). The molecule has 3 heteroatoms. The zero-order valence-electron chi connectivity index (χ0n) is 11.0. The Hall–Kier alpha value is -2.29. The van der Waals surface area contributed by atoms with E-state index in [0.29, 0.717) is 6.42 Å². The maximum Gasteiger partial charge on any atom is 0.124 e. The van der Waals surface area contributed by atoms with E-state index in [2.05, 4.69) is 0 Å². The van der Waals surface area contributed by atoms with E-state index >= 15 is 0 Å². The molecular weight excluding hydrogens is 252 g/mol. The minimum atomic E-state index is -1.02. The smallest absolute Gasteiger partial charge is 0.124 e. The molecule has 2 aromatic carbocycles. The van der Waals surface area contributed by atoms with Crippen LogP contribution in [0.3, 0.4) is 0 Å². The summed E-state index contributed by atoms with van der Waals surface area (Å²) in [6.07, 6.45) is 0.592. The van der Waals surface area contributed by atoms with E-state index in [1.54, 1.807) is 0 Å². The zero-order valence-corrected chi connectivity index (χ0v) is 11.0. The highest BCUT2D eigenvalue weighted by atomic mass is 16.5. The van der Waals surface area contributed by atoms with Crippen LogP contribution in [-0.2, 0) is 4.79 Å². The zero-order chi connectivity index (χ0) is 13.9. The summed E-state index contributed by atoms with van der Waals surface area (Å²) < 4.78 is 6.02. The highest BCUT2D eigenvalue weighted by Crippen LogP contribution is 2.43. The number of aliphatic carboxylic acids is 1. The van der Waals surface area contributed by atoms with Gasteiger partial charge in [0.05, 0.1) is 0 Å². The Morgan fingerprint density at radius 3 is 2.55 bits per heavy atom. The molecule has 0 amide bonds. The number of carbonyl (C=O) groups excluding carboxylic acids is 1. The van der Waals surface area contributed by atoms with E-state index in [4.69, 9.17) is 4.74 Å². The van der Waals surface area contributed by atoms with Crippen molar-refractivity contribution in [2.45, 2.75) is 24.9 Å². The van der Waals surface area contributed by atoms with Crippen LogP contribution >= 0.6 is 0 Å². The van der Waals surface area contributed by atoms with Crippen LogP contribution in [0.15, 0.2) is 54.6 Å². The van der Waals surface area contributed by atoms with Crippen LogP contribution in [0.4, 0.5) is 0 Å². The first-order valence-electron chi connectivity index (χ1n) is 6.74. The number of fused-ring (bicyclic) bond motifs is 1. The fraction of sp³-hybridized carbons (Fsp3) is 0.235. The lowest BCUT2D eigenvalue weighted by Crippen LogP contribution is -2.27. The Morgan fingerprint density at radius 2 is 1.80 bits per heavy atom. The highest BCUT2D eigenvalue weighted by molar-refractivity contribution is 5.66. The summed E-state index contributed by atoms with van der Waals surface area (Å²) in [6.45, 7) is 0. The van der Waals surface area contributed by atoms with Crippen LogP contribution in [0.1, 0.15) is 36.0 Å². The topological polar surface area (TPSA) is 49.4 Å². The molecule has 0 bridgehead atoms. The van der Waals surface area contributed by atoms with Crippen molar-refractivity contribution in [3.63, 3.8) is 0 Å². The van der Waals surface area contributed by atoms with Crippen molar-refractivity contribution in [1.82, 2.24) is 0 Å². The van der Waals surface area contributed by atoms with E-state index in [9.17, 15) is 9.90 Å². The molecule has 20 heavy (non-hydrogen) atoms. The summed E-state index contributed by atoms with van der Waals surface area (Å²) >= 11 is 0. The molecular formula is C17H15O3-. The third kappa shape index (κ3) is 2.52. The van der Waals surface area contributed by atoms with Gasteiger partial charge in [-0.1, -0.05) is 48.5 Å². The molecule has 1 aliphatic rings. The van der Waals surface area contributed by atoms with Crippen LogP contribution in [0, 0.1) is 0 Å². The molecule has 0 saturated heterocycles. The predicted molar refractivity (Wildman–Crippen MR) is 73.2 cm³/mol. The summed E-state index contributed by atoms with van der Waals surface area (Å²) in [4.78, 5) is 11.0. The Morgan fingerprint density at radius 1 is 1.10 bits per heavy atom. The SMILES string of the molecule is O=C([O-])C[C@@H]1C[C@@H](c2ccccc2)Oc2ccccc21. The third-order valence-electron chi connectivity index (χ3n) is 3.71. The first-order valence-corrected chi connectivity index (χ1v) is 6.74. The monoisotopic (exact) mass is 267 g/mol. The molecule has 0 radical (unpaired) electrons. The van der Waals surface area contributed by atoms with Gasteiger partial charge in [0.2, 0.25) is 0 Å². The fourth-order valence-corrected chi connectivity index (χ4v) is 2.78. The van der Waals surface area contributed by atoms with E-state index < -0.39 is 5.97 Å². The summed E-state index contributed by atoms with van der Waals surface area (Å²) in [5, 5.41) is 11.0. The molecule has 0 fully saturated rings. The largest absolute Gasteiger partial charge is 0.550 e. The highest BCUT2D eigenvalue weighted by Gasteiger charge is 2.28. The quantitative estimate of drug-likeness (QED) is 0.858. The molecule has 2 atom stereocenters. The molecule has 0 aliphatic carbocycles. The van der Waals surface area contributed by atoms with Crippen molar-refractivity contribution < 1.29 is 14.6 Å². The number of carboxylic acid groups (broad SMARTS) is 1. The van der Waals surface area contributed by atoms with Gasteiger partial charge >= 0.3 is 0 Å². The second kappa shape index (κ2) is 5.37. The summed E-state index contributed by atoms with van der Waals surface area (Å²) in [5.41, 5.74) is 2.04. The molecule has 3 nitrogen and oxygen atoms in total. The summed E-state index contributed by atoms with van der Waals surface area (Å²) in [5.74, 6) is -0.299. The minimum Gasteiger partial charge on any atom is -0.550 e. The number of ether oxygens (including phenoxy) is 1. The van der Waals surface area contributed by atoms with Crippen molar-refractivity contribution in [2.24, 2.45) is 0 Å². The van der Waals surface area contributed by atoms with Gasteiger partial charge in [-0.2, -0.15) is 0 Å². The number of para-hydroxylation sites is 1. The number of hydrogen-bond donors (Lipinski definition) is 0. The van der Waals surface area contributed by atoms with Crippen LogP contribution in [0.25, 0.3) is 0 Å². The van der Waals surface area contributed by atoms with Crippen molar-refractivity contribution in [3.05, 3.63) is 65.7 Å². The lowest BCUT2D eigenvalue weighted by atomic mass is 9.85. The van der Waals surface area contributed by atoms with Gasteiger partial charge < -0.3 is 14.6 Å². The second-order valence-corrected chi connectivity index (χ2v) is 5.06. The fourth-order valence-electron chi connectivity index (χ4n) is 2.78. The maximum atomic E-state index is 11.0. The van der Waals surface area contributed by atoms with Gasteiger partial charge in [0.15, 0.2) is 0 Å². The summed E-state index contributed by atoms with van der Waals surface area (Å²) in [6, 6.07) is 17.6. The van der Waals surface area contributed by atoms with E-state index in [-0.39, 0.29) is 18.4 Å². The maximum absolute atomic E-state index is 11.0. The predicted octanol–water partition coefficient (Wildman–Crippen LogP) is 2.43. The van der Waals surface area contributed by atoms with Crippen LogP contribution in [0.2, 0.25) is 0 Å². The number of rotatable bonds is 3. The molecule has 0 saturated carbocycles. The van der Waals surface area contributed by atoms with Crippen LogP contribution < -0.4 is 9.84 Å².